The first-order valence-corrected chi connectivity index (χ1v) is 7.73. The van der Waals surface area contributed by atoms with Crippen LogP contribution in [0.25, 0.3) is 0 Å². The smallest absolute Gasteiger partial charge is 0.241 e. The zero-order chi connectivity index (χ0) is 14.9. The van der Waals surface area contributed by atoms with Crippen molar-refractivity contribution >= 4 is 26.0 Å². The minimum absolute atomic E-state index is 0.170. The van der Waals surface area contributed by atoms with Crippen LogP contribution in [0.4, 0.5) is 4.39 Å². The second-order valence-electron chi connectivity index (χ2n) is 4.04. The Kier molecular flexibility index (Phi) is 4.11. The van der Waals surface area contributed by atoms with Crippen molar-refractivity contribution in [3.8, 4) is 5.75 Å². The number of imidazole rings is 1. The molecule has 0 atom stereocenters. The predicted octanol–water partition coefficient (Wildman–Crippen LogP) is 1.55. The molecule has 9 heteroatoms. The second-order valence-corrected chi connectivity index (χ2v) is 6.43. The molecule has 0 aliphatic heterocycles. The van der Waals surface area contributed by atoms with Crippen molar-refractivity contribution in [1.29, 1.82) is 0 Å². The van der Waals surface area contributed by atoms with Crippen molar-refractivity contribution in [3.05, 3.63) is 40.6 Å². The van der Waals surface area contributed by atoms with E-state index in [2.05, 4.69) is 20.9 Å². The highest BCUT2D eigenvalue weighted by Crippen LogP contribution is 2.30. The summed E-state index contributed by atoms with van der Waals surface area (Å²) in [5.41, 5.74) is 0.785. The van der Waals surface area contributed by atoms with Gasteiger partial charge in [0.15, 0.2) is 0 Å². The van der Waals surface area contributed by atoms with E-state index < -0.39 is 20.7 Å². The summed E-state index contributed by atoms with van der Waals surface area (Å²) >= 11 is 3.12. The SMILES string of the molecule is Cn1cncc1COc1cc(F)c(S(N)(=O)=O)cc1Br. The summed E-state index contributed by atoms with van der Waals surface area (Å²) < 4.78 is 43.5. The lowest BCUT2D eigenvalue weighted by Gasteiger charge is -2.10. The minimum atomic E-state index is -4.11. The molecule has 20 heavy (non-hydrogen) atoms. The van der Waals surface area contributed by atoms with Gasteiger partial charge in [-0.1, -0.05) is 0 Å². The molecule has 0 saturated carbocycles. The number of rotatable bonds is 4. The van der Waals surface area contributed by atoms with Gasteiger partial charge in [0.2, 0.25) is 10.0 Å². The number of nitrogens with two attached hydrogens (primary N) is 1. The maximum Gasteiger partial charge on any atom is 0.241 e. The molecule has 2 rings (SSSR count). The van der Waals surface area contributed by atoms with Gasteiger partial charge >= 0.3 is 0 Å². The van der Waals surface area contributed by atoms with Crippen LogP contribution in [-0.2, 0) is 23.7 Å². The largest absolute Gasteiger partial charge is 0.486 e. The van der Waals surface area contributed by atoms with Gasteiger partial charge in [-0.25, -0.2) is 22.9 Å². The Labute approximate surface area is 123 Å². The van der Waals surface area contributed by atoms with E-state index in [1.807, 2.05) is 0 Å². The van der Waals surface area contributed by atoms with Crippen LogP contribution in [0.1, 0.15) is 5.69 Å². The normalized spacial score (nSPS) is 11.6. The zero-order valence-corrected chi connectivity index (χ0v) is 12.8. The molecule has 1 heterocycles. The van der Waals surface area contributed by atoms with Gasteiger partial charge in [-0.05, 0) is 22.0 Å². The maximum atomic E-state index is 13.7. The highest BCUT2D eigenvalue weighted by Gasteiger charge is 2.18. The molecule has 0 aliphatic rings. The number of hydrogen-bond donors (Lipinski definition) is 1. The van der Waals surface area contributed by atoms with Gasteiger partial charge < -0.3 is 9.30 Å². The zero-order valence-electron chi connectivity index (χ0n) is 10.4. The van der Waals surface area contributed by atoms with E-state index in [0.29, 0.717) is 4.47 Å². The summed E-state index contributed by atoms with van der Waals surface area (Å²) in [5.74, 6) is -0.785. The molecule has 1 aromatic carbocycles. The number of aryl methyl sites for hydroxylation is 1. The van der Waals surface area contributed by atoms with Crippen molar-refractivity contribution in [3.63, 3.8) is 0 Å². The molecule has 0 radical (unpaired) electrons. The van der Waals surface area contributed by atoms with E-state index in [1.54, 1.807) is 24.1 Å². The van der Waals surface area contributed by atoms with Crippen molar-refractivity contribution in [2.75, 3.05) is 0 Å². The average Bonchev–Trinajstić information content (AvgIpc) is 2.74. The molecule has 0 amide bonds. The van der Waals surface area contributed by atoms with Crippen LogP contribution >= 0.6 is 15.9 Å². The molecule has 0 spiro atoms. The highest BCUT2D eigenvalue weighted by molar-refractivity contribution is 9.10. The van der Waals surface area contributed by atoms with E-state index in [-0.39, 0.29) is 12.4 Å². The fourth-order valence-electron chi connectivity index (χ4n) is 1.51. The number of benzene rings is 1. The van der Waals surface area contributed by atoms with Crippen LogP contribution in [-0.4, -0.2) is 18.0 Å². The monoisotopic (exact) mass is 363 g/mol. The number of hydrogen-bond acceptors (Lipinski definition) is 4. The molecule has 2 aromatic rings. The number of primary sulfonamides is 1. The molecule has 0 bridgehead atoms. The summed E-state index contributed by atoms with van der Waals surface area (Å²) in [7, 11) is -2.32. The molecule has 2 N–H and O–H groups in total. The molecule has 0 aliphatic carbocycles. The quantitative estimate of drug-likeness (QED) is 0.892. The Morgan fingerprint density at radius 1 is 1.50 bits per heavy atom. The Morgan fingerprint density at radius 2 is 2.20 bits per heavy atom. The van der Waals surface area contributed by atoms with Crippen molar-refractivity contribution in [2.45, 2.75) is 11.5 Å². The second kappa shape index (κ2) is 5.51. The molecule has 0 fully saturated rings. The number of ether oxygens (including phenoxy) is 1. The summed E-state index contributed by atoms with van der Waals surface area (Å²) in [6.07, 6.45) is 3.22. The lowest BCUT2D eigenvalue weighted by molar-refractivity contribution is 0.293. The fraction of sp³-hybridized carbons (Fsp3) is 0.182. The van der Waals surface area contributed by atoms with E-state index in [1.165, 1.54) is 0 Å². The molecule has 108 valence electrons. The van der Waals surface area contributed by atoms with Crippen LogP contribution in [0.3, 0.4) is 0 Å². The van der Waals surface area contributed by atoms with Crippen LogP contribution in [0.2, 0.25) is 0 Å². The Morgan fingerprint density at radius 3 is 2.75 bits per heavy atom. The standard InChI is InChI=1S/C11H11BrFN3O3S/c1-16-6-15-4-7(16)5-19-10-3-9(13)11(2-8(10)12)20(14,17)18/h2-4,6H,5H2,1H3,(H2,14,17,18). The number of halogens is 2. The fourth-order valence-corrected chi connectivity index (χ4v) is 2.74. The summed E-state index contributed by atoms with van der Waals surface area (Å²) in [5, 5.41) is 4.91. The summed E-state index contributed by atoms with van der Waals surface area (Å²) in [4.78, 5) is 3.34. The topological polar surface area (TPSA) is 87.2 Å². The van der Waals surface area contributed by atoms with Gasteiger partial charge in [0.05, 0.1) is 22.7 Å². The molecular formula is C11H11BrFN3O3S. The Balaban J connectivity index is 2.26. The Hall–Kier alpha value is -1.45. The van der Waals surface area contributed by atoms with Crippen LogP contribution in [0, 0.1) is 5.82 Å². The molecule has 1 aromatic heterocycles. The first-order chi connectivity index (χ1) is 9.29. The Bertz CT molecular complexity index is 745. The van der Waals surface area contributed by atoms with Crippen LogP contribution < -0.4 is 9.88 Å². The molecule has 0 saturated heterocycles. The van der Waals surface area contributed by atoms with Gasteiger partial charge in [0.1, 0.15) is 23.1 Å². The molecule has 0 unspecified atom stereocenters. The summed E-state index contributed by atoms with van der Waals surface area (Å²) in [6.45, 7) is 0.170. The lowest BCUT2D eigenvalue weighted by atomic mass is 10.3. The minimum Gasteiger partial charge on any atom is -0.486 e. The first kappa shape index (κ1) is 14.9. The van der Waals surface area contributed by atoms with Gasteiger partial charge in [0.25, 0.3) is 0 Å². The lowest BCUT2D eigenvalue weighted by Crippen LogP contribution is -2.14. The van der Waals surface area contributed by atoms with Gasteiger partial charge in [0, 0.05) is 13.1 Å². The van der Waals surface area contributed by atoms with Crippen molar-refractivity contribution < 1.29 is 17.5 Å². The summed E-state index contributed by atoms with van der Waals surface area (Å²) in [6, 6.07) is 2.05. The van der Waals surface area contributed by atoms with E-state index in [4.69, 9.17) is 9.88 Å². The van der Waals surface area contributed by atoms with Crippen molar-refractivity contribution in [1.82, 2.24) is 9.55 Å². The van der Waals surface area contributed by atoms with Gasteiger partial charge in [-0.2, -0.15) is 0 Å². The first-order valence-electron chi connectivity index (χ1n) is 5.39. The predicted molar refractivity (Wildman–Crippen MR) is 73.0 cm³/mol. The third kappa shape index (κ3) is 3.17. The highest BCUT2D eigenvalue weighted by atomic mass is 79.9. The van der Waals surface area contributed by atoms with E-state index in [0.717, 1.165) is 17.8 Å². The number of sulfonamides is 1. The number of aromatic nitrogens is 2. The maximum absolute atomic E-state index is 13.7. The van der Waals surface area contributed by atoms with Crippen LogP contribution in [0.5, 0.6) is 5.75 Å². The number of nitrogens with zero attached hydrogens (tertiary/aromatic N) is 2. The van der Waals surface area contributed by atoms with Gasteiger partial charge in [-0.3, -0.25) is 0 Å². The third-order valence-electron chi connectivity index (χ3n) is 2.58. The third-order valence-corrected chi connectivity index (χ3v) is 4.13. The van der Waals surface area contributed by atoms with Gasteiger partial charge in [-0.15, -0.1) is 0 Å². The van der Waals surface area contributed by atoms with E-state index in [9.17, 15) is 12.8 Å². The van der Waals surface area contributed by atoms with Crippen molar-refractivity contribution in [2.24, 2.45) is 12.2 Å². The van der Waals surface area contributed by atoms with Crippen LogP contribution in [0.15, 0.2) is 34.0 Å². The molecule has 6 nitrogen and oxygen atoms in total. The average molecular weight is 364 g/mol. The molecular weight excluding hydrogens is 353 g/mol. The van der Waals surface area contributed by atoms with E-state index >= 15 is 0 Å².